The monoisotopic (exact) mass is 348 g/mol. The van der Waals surface area contributed by atoms with Crippen molar-refractivity contribution in [2.45, 2.75) is 89.4 Å². The van der Waals surface area contributed by atoms with Gasteiger partial charge in [0.15, 0.2) is 0 Å². The molecule has 5 rings (SSSR count). The Morgan fingerprint density at radius 3 is 2.33 bits per heavy atom. The number of thioether (sulfide) groups is 1. The van der Waals surface area contributed by atoms with Crippen LogP contribution in [-0.4, -0.2) is 21.2 Å². The third-order valence-corrected chi connectivity index (χ3v) is 12.0. The van der Waals surface area contributed by atoms with Gasteiger partial charge in [0.1, 0.15) is 0 Å². The quantitative estimate of drug-likeness (QED) is 0.582. The van der Waals surface area contributed by atoms with Crippen LogP contribution >= 0.6 is 11.8 Å². The lowest BCUT2D eigenvalue weighted by molar-refractivity contribution is -0.151. The van der Waals surface area contributed by atoms with E-state index in [0.29, 0.717) is 10.2 Å². The molecule has 0 bridgehead atoms. The van der Waals surface area contributed by atoms with Crippen LogP contribution in [0.25, 0.3) is 0 Å². The molecule has 0 aromatic carbocycles. The van der Waals surface area contributed by atoms with Gasteiger partial charge < -0.3 is 5.11 Å². The highest BCUT2D eigenvalue weighted by Gasteiger charge is 2.66. The number of hydrogen-bond donors (Lipinski definition) is 1. The highest BCUT2D eigenvalue weighted by atomic mass is 32.2. The van der Waals surface area contributed by atoms with Crippen molar-refractivity contribution in [1.29, 1.82) is 0 Å². The number of hydrogen-bond acceptors (Lipinski definition) is 2. The van der Waals surface area contributed by atoms with Gasteiger partial charge in [0.25, 0.3) is 0 Å². The van der Waals surface area contributed by atoms with E-state index in [9.17, 15) is 5.11 Å². The van der Waals surface area contributed by atoms with E-state index in [1.807, 2.05) is 0 Å². The first-order valence-corrected chi connectivity index (χ1v) is 11.6. The molecule has 1 N–H and O–H groups in total. The standard InChI is InChI=1S/C22H36OS/c1-14-11-19(2)15(12-22(14)13-24-22)5-6-16-17(19)7-9-20(3)18(16)8-10-21(20,4)23/h14-18,23H,5-13H2,1-4H3. The SMILES string of the molecule is CC1CC2(C)C(CCC3C2CCC2(C)C3CCC2(C)O)CC12CS2. The van der Waals surface area contributed by atoms with Crippen molar-refractivity contribution < 1.29 is 5.11 Å². The summed E-state index contributed by atoms with van der Waals surface area (Å²) in [5.41, 5.74) is 0.354. The maximum absolute atomic E-state index is 11.1. The molecule has 1 aliphatic heterocycles. The number of fused-ring (bicyclic) bond motifs is 5. The maximum Gasteiger partial charge on any atom is 0.0675 e. The van der Waals surface area contributed by atoms with Gasteiger partial charge >= 0.3 is 0 Å². The fourth-order valence-electron chi connectivity index (χ4n) is 8.39. The van der Waals surface area contributed by atoms with Crippen molar-refractivity contribution in [3.8, 4) is 0 Å². The smallest absolute Gasteiger partial charge is 0.0675 e. The number of aliphatic hydroxyl groups is 1. The minimum Gasteiger partial charge on any atom is -0.390 e. The van der Waals surface area contributed by atoms with Crippen molar-refractivity contribution >= 4 is 11.8 Å². The fraction of sp³-hybridized carbons (Fsp3) is 1.00. The first-order chi connectivity index (χ1) is 11.2. The second-order valence-corrected chi connectivity index (χ2v) is 12.5. The molecule has 9 atom stereocenters. The topological polar surface area (TPSA) is 20.2 Å². The van der Waals surface area contributed by atoms with Gasteiger partial charge in [-0.05, 0) is 98.7 Å². The predicted octanol–water partition coefficient (Wildman–Crippen LogP) is 5.51. The zero-order valence-electron chi connectivity index (χ0n) is 16.1. The maximum atomic E-state index is 11.1. The zero-order chi connectivity index (χ0) is 17.0. The Morgan fingerprint density at radius 2 is 1.62 bits per heavy atom. The summed E-state index contributed by atoms with van der Waals surface area (Å²) in [4.78, 5) is 0. The molecule has 0 amide bonds. The van der Waals surface area contributed by atoms with Crippen molar-refractivity contribution in [2.75, 3.05) is 5.75 Å². The molecule has 0 radical (unpaired) electrons. The van der Waals surface area contributed by atoms with Crippen LogP contribution in [0.3, 0.4) is 0 Å². The van der Waals surface area contributed by atoms with E-state index >= 15 is 0 Å². The molecule has 2 heteroatoms. The third kappa shape index (κ3) is 1.89. The number of rotatable bonds is 0. The molecule has 1 heterocycles. The summed E-state index contributed by atoms with van der Waals surface area (Å²) in [5.74, 6) is 5.96. The molecule has 136 valence electrons. The second kappa shape index (κ2) is 4.77. The summed E-state index contributed by atoms with van der Waals surface area (Å²) in [7, 11) is 0. The van der Waals surface area contributed by atoms with E-state index < -0.39 is 5.60 Å². The van der Waals surface area contributed by atoms with Crippen LogP contribution in [0.2, 0.25) is 0 Å². The summed E-state index contributed by atoms with van der Waals surface area (Å²) in [6, 6.07) is 0. The lowest BCUT2D eigenvalue weighted by atomic mass is 9.43. The van der Waals surface area contributed by atoms with Gasteiger partial charge in [-0.1, -0.05) is 20.8 Å². The van der Waals surface area contributed by atoms with Gasteiger partial charge in [-0.15, -0.1) is 0 Å². The van der Waals surface area contributed by atoms with E-state index in [0.717, 1.165) is 36.0 Å². The van der Waals surface area contributed by atoms with Crippen LogP contribution in [-0.2, 0) is 0 Å². The molecule has 0 aromatic rings. The molecule has 1 nitrogen and oxygen atoms in total. The Bertz CT molecular complexity index is 552. The molecule has 0 aromatic heterocycles. The molecule has 9 unspecified atom stereocenters. The van der Waals surface area contributed by atoms with Gasteiger partial charge in [-0.2, -0.15) is 11.8 Å². The Balaban J connectivity index is 1.46. The third-order valence-electron chi connectivity index (χ3n) is 10.4. The minimum atomic E-state index is -0.422. The fourth-order valence-corrected chi connectivity index (χ4v) is 9.67. The van der Waals surface area contributed by atoms with Crippen LogP contribution in [0.4, 0.5) is 0 Å². The van der Waals surface area contributed by atoms with E-state index in [-0.39, 0.29) is 5.41 Å². The van der Waals surface area contributed by atoms with Crippen LogP contribution in [0.1, 0.15) is 79.1 Å². The largest absolute Gasteiger partial charge is 0.390 e. The van der Waals surface area contributed by atoms with Gasteiger partial charge in [-0.25, -0.2) is 0 Å². The first-order valence-electron chi connectivity index (χ1n) is 10.6. The second-order valence-electron chi connectivity index (χ2n) is 11.1. The van der Waals surface area contributed by atoms with Gasteiger partial charge in [0, 0.05) is 10.5 Å². The summed E-state index contributed by atoms with van der Waals surface area (Å²) in [6.07, 6.45) is 10.9. The molecule has 5 aliphatic rings. The normalized spacial score (nSPS) is 65.1. The van der Waals surface area contributed by atoms with Crippen molar-refractivity contribution in [3.63, 3.8) is 0 Å². The van der Waals surface area contributed by atoms with Crippen molar-refractivity contribution in [1.82, 2.24) is 0 Å². The van der Waals surface area contributed by atoms with Crippen LogP contribution in [0.5, 0.6) is 0 Å². The van der Waals surface area contributed by atoms with Crippen molar-refractivity contribution in [3.05, 3.63) is 0 Å². The Labute approximate surface area is 152 Å². The molecular formula is C22H36OS. The Kier molecular flexibility index (Phi) is 3.28. The molecule has 1 spiro atoms. The van der Waals surface area contributed by atoms with Crippen molar-refractivity contribution in [2.24, 2.45) is 40.4 Å². The van der Waals surface area contributed by atoms with Crippen LogP contribution < -0.4 is 0 Å². The van der Waals surface area contributed by atoms with Crippen LogP contribution in [0.15, 0.2) is 0 Å². The summed E-state index contributed by atoms with van der Waals surface area (Å²) >= 11 is 2.26. The minimum absolute atomic E-state index is 0.186. The van der Waals surface area contributed by atoms with Crippen LogP contribution in [0, 0.1) is 40.4 Å². The summed E-state index contributed by atoms with van der Waals surface area (Å²) in [6.45, 7) is 9.80. The molecular weight excluding hydrogens is 312 g/mol. The van der Waals surface area contributed by atoms with Gasteiger partial charge in [0.05, 0.1) is 5.60 Å². The Morgan fingerprint density at radius 1 is 0.917 bits per heavy atom. The van der Waals surface area contributed by atoms with E-state index in [1.54, 1.807) is 0 Å². The molecule has 4 aliphatic carbocycles. The molecule has 1 saturated heterocycles. The highest BCUT2D eigenvalue weighted by Crippen LogP contribution is 2.72. The average molecular weight is 349 g/mol. The predicted molar refractivity (Wildman–Crippen MR) is 102 cm³/mol. The molecule has 4 saturated carbocycles. The summed E-state index contributed by atoms with van der Waals surface area (Å²) in [5, 5.41) is 11.1. The lowest BCUT2D eigenvalue weighted by Crippen LogP contribution is -2.57. The van der Waals surface area contributed by atoms with Gasteiger partial charge in [0.2, 0.25) is 0 Å². The van der Waals surface area contributed by atoms with Gasteiger partial charge in [-0.3, -0.25) is 0 Å². The van der Waals surface area contributed by atoms with E-state index in [2.05, 4.69) is 39.5 Å². The highest BCUT2D eigenvalue weighted by molar-refractivity contribution is 8.07. The lowest BCUT2D eigenvalue weighted by Gasteiger charge is -2.62. The zero-order valence-corrected chi connectivity index (χ0v) is 16.9. The van der Waals surface area contributed by atoms with E-state index in [4.69, 9.17) is 0 Å². The molecule has 5 fully saturated rings. The van der Waals surface area contributed by atoms with E-state index in [1.165, 1.54) is 50.7 Å². The molecule has 24 heavy (non-hydrogen) atoms. The average Bonchev–Trinajstić information content (AvgIpc) is 3.23. The first kappa shape index (κ1) is 16.5. The Hall–Kier alpha value is 0.310. The summed E-state index contributed by atoms with van der Waals surface area (Å²) < 4.78 is 0.692.